The summed E-state index contributed by atoms with van der Waals surface area (Å²) in [6.07, 6.45) is 0. The van der Waals surface area contributed by atoms with Crippen LogP contribution in [0.1, 0.15) is 0 Å². The molecule has 0 N–H and O–H groups in total. The number of para-hydroxylation sites is 9. The van der Waals surface area contributed by atoms with Gasteiger partial charge in [-0.2, -0.15) is 0 Å². The van der Waals surface area contributed by atoms with Crippen LogP contribution in [0, 0.1) is 0 Å². The average Bonchev–Trinajstić information content (AvgIpc) is 1.53. The minimum atomic E-state index is 1.17. The molecule has 0 bridgehead atoms. The van der Waals surface area contributed by atoms with Crippen molar-refractivity contribution in [3.05, 3.63) is 534 Å². The van der Waals surface area contributed by atoms with Crippen molar-refractivity contribution in [2.75, 3.05) is 0 Å². The molecule has 0 spiro atoms. The molecule has 6 heterocycles. The van der Waals surface area contributed by atoms with E-state index in [4.69, 9.17) is 0 Å². The van der Waals surface area contributed by atoms with Crippen molar-refractivity contribution in [2.24, 2.45) is 0 Å². The summed E-state index contributed by atoms with van der Waals surface area (Å²) in [6, 6.07) is 196. The fraction of sp³-hybridized carbons (Fsp3) is 0. The first-order valence-electron chi connectivity index (χ1n) is 50.4. The molecule has 0 saturated carbocycles. The third-order valence-electron chi connectivity index (χ3n) is 31.0. The Morgan fingerprint density at radius 3 is 0.623 bits per heavy atom. The van der Waals surface area contributed by atoms with E-state index in [-0.39, 0.29) is 0 Å². The lowest BCUT2D eigenvalue weighted by Crippen LogP contribution is -1.96. The lowest BCUT2D eigenvalue weighted by molar-refractivity contribution is 1.18. The molecule has 26 aromatic carbocycles. The van der Waals surface area contributed by atoms with E-state index in [0.717, 1.165) is 0 Å². The summed E-state index contributed by atoms with van der Waals surface area (Å²) in [4.78, 5) is 0. The normalized spacial score (nSPS) is 12.0. The largest absolute Gasteiger partial charge is 0.309 e. The summed E-state index contributed by atoms with van der Waals surface area (Å²) in [5, 5.41) is 35.6. The summed E-state index contributed by atoms with van der Waals surface area (Å²) in [5.74, 6) is 0. The number of rotatable bonds is 9. The van der Waals surface area contributed by atoms with Crippen molar-refractivity contribution in [1.82, 2.24) is 27.4 Å². The minimum absolute atomic E-state index is 1.17. The Bertz CT molecular complexity index is 11100. The molecule has 6 nitrogen and oxygen atoms in total. The second-order valence-corrected chi connectivity index (χ2v) is 38.9. The summed E-state index contributed by atoms with van der Waals surface area (Å²) in [6.45, 7) is 0. The summed E-state index contributed by atoms with van der Waals surface area (Å²) >= 11 is 0. The average molecular weight is 1850 g/mol. The van der Waals surface area contributed by atoms with Crippen LogP contribution in [0.15, 0.2) is 534 Å². The molecular formula is C140H88N6. The minimum Gasteiger partial charge on any atom is -0.309 e. The fourth-order valence-corrected chi connectivity index (χ4v) is 24.4. The molecule has 0 atom stereocenters. The van der Waals surface area contributed by atoms with Gasteiger partial charge < -0.3 is 27.4 Å². The Kier molecular flexibility index (Phi) is 18.7. The molecular weight excluding hydrogens is 1770 g/mol. The van der Waals surface area contributed by atoms with Crippen LogP contribution >= 0.6 is 0 Å². The number of aromatic nitrogens is 6. The number of fused-ring (bicyclic) bond motifs is 31. The van der Waals surface area contributed by atoms with Crippen LogP contribution in [0.4, 0.5) is 0 Å². The number of hydrogen-bond acceptors (Lipinski definition) is 0. The van der Waals surface area contributed by atoms with E-state index in [1.807, 2.05) is 0 Å². The van der Waals surface area contributed by atoms with Gasteiger partial charge in [-0.05, 0) is 290 Å². The van der Waals surface area contributed by atoms with Gasteiger partial charge in [0.05, 0.1) is 71.9 Å². The smallest absolute Gasteiger partial charge is 0.0547 e. The van der Waals surface area contributed by atoms with Crippen molar-refractivity contribution in [3.63, 3.8) is 0 Å². The summed E-state index contributed by atoms with van der Waals surface area (Å²) in [7, 11) is 0. The molecule has 32 aromatic rings. The van der Waals surface area contributed by atoms with E-state index in [1.54, 1.807) is 0 Å². The third kappa shape index (κ3) is 13.0. The van der Waals surface area contributed by atoms with Crippen LogP contribution in [0.2, 0.25) is 0 Å². The maximum absolute atomic E-state index is 2.48. The van der Waals surface area contributed by atoms with Crippen molar-refractivity contribution >= 4 is 217 Å². The van der Waals surface area contributed by atoms with Gasteiger partial charge in [0.2, 0.25) is 0 Å². The number of nitrogens with zero attached hydrogens (tertiary/aromatic N) is 6. The SMILES string of the molecule is c1ccc(-n2c3ccccc3c3cc(-c4ccc5c(c4)c4ccccc4n5-c4cc5c6ccccc6ccc5c5ccccc45)ccc32)cc1.c1ccc(-n2c3ccccc3c3cc(-c4ccc5c(c4)c4ccccc4n5-c4ccc5c(ccc6c7ccccc7ccc56)c4)ccc32)cc1.c1ccc(-n2c3ccccc3c3cc(-c4ccc5c(c4)c4ccccc4n5-c4ccc5c(ccc6ccccc65)c4)ccc32)cc1. The zero-order valence-corrected chi connectivity index (χ0v) is 79.5. The standard InChI is InChI=1S/2C48H30N2.C44H28N2/c1-2-11-35(12-3-1)49-45-16-8-6-14-41(45)43-29-32(20-26-47(43)49)33-21-27-48-44(30-33)42-15-7-9-17-46(42)50(48)36-22-25-38-34(28-36)19-24-39-37-13-5-4-10-31(37)18-23-40(38)39;1-2-13-34(14-3-1)49-44-20-10-8-18-39(44)42-28-32(23-26-46(42)49)33-24-27-47-43(29-33)40-19-9-11-21-45(40)50(47)48-30-41-35-15-5-4-12-31(35)22-25-37(41)36-16-6-7-17-38(36)48;1-2-11-33(12-3-1)45-41-16-8-6-14-37(41)39-27-30(20-24-43(39)45)31-21-25-44-40(28-31)38-15-7-9-17-42(38)46(44)34-22-23-36-32(26-34)19-18-29-10-4-5-13-35(29)36/h2*1-30H;1-28H. The van der Waals surface area contributed by atoms with Gasteiger partial charge in [-0.3, -0.25) is 0 Å². The van der Waals surface area contributed by atoms with Gasteiger partial charge in [0.15, 0.2) is 0 Å². The van der Waals surface area contributed by atoms with E-state index < -0.39 is 0 Å². The first-order valence-corrected chi connectivity index (χ1v) is 50.4. The van der Waals surface area contributed by atoms with E-state index in [9.17, 15) is 0 Å². The van der Waals surface area contributed by atoms with E-state index >= 15 is 0 Å². The van der Waals surface area contributed by atoms with Crippen molar-refractivity contribution in [3.8, 4) is 67.5 Å². The van der Waals surface area contributed by atoms with Crippen LogP contribution in [-0.4, -0.2) is 27.4 Å². The second kappa shape index (κ2) is 33.1. The molecule has 6 heteroatoms. The molecule has 32 rings (SSSR count). The highest BCUT2D eigenvalue weighted by molar-refractivity contribution is 6.24. The molecule has 0 unspecified atom stereocenters. The zero-order valence-electron chi connectivity index (χ0n) is 79.5. The monoisotopic (exact) mass is 1850 g/mol. The highest BCUT2D eigenvalue weighted by Gasteiger charge is 2.25. The lowest BCUT2D eigenvalue weighted by Gasteiger charge is -2.15. The highest BCUT2D eigenvalue weighted by atomic mass is 15.0. The van der Waals surface area contributed by atoms with Crippen molar-refractivity contribution < 1.29 is 0 Å². The topological polar surface area (TPSA) is 29.6 Å². The van der Waals surface area contributed by atoms with Gasteiger partial charge in [0.25, 0.3) is 0 Å². The highest BCUT2D eigenvalue weighted by Crippen LogP contribution is 2.48. The molecule has 0 fully saturated rings. The first-order chi connectivity index (χ1) is 72.4. The Balaban J connectivity index is 0.000000102. The van der Waals surface area contributed by atoms with Gasteiger partial charge in [-0.25, -0.2) is 0 Å². The molecule has 0 aliphatic rings. The van der Waals surface area contributed by atoms with E-state index in [2.05, 4.69) is 561 Å². The van der Waals surface area contributed by atoms with Gasteiger partial charge >= 0.3 is 0 Å². The Morgan fingerprint density at radius 2 is 0.288 bits per heavy atom. The molecule has 146 heavy (non-hydrogen) atoms. The van der Waals surface area contributed by atoms with E-state index in [1.165, 1.54) is 285 Å². The maximum atomic E-state index is 2.48. The van der Waals surface area contributed by atoms with Crippen molar-refractivity contribution in [2.45, 2.75) is 0 Å². The number of hydrogen-bond donors (Lipinski definition) is 0. The zero-order chi connectivity index (χ0) is 95.7. The molecule has 0 aliphatic carbocycles. The Labute approximate surface area is 839 Å². The molecule has 678 valence electrons. The predicted octanol–water partition coefficient (Wildman–Crippen LogP) is 37.9. The van der Waals surface area contributed by atoms with Gasteiger partial charge in [-0.1, -0.05) is 358 Å². The van der Waals surface area contributed by atoms with Crippen LogP contribution in [-0.2, 0) is 0 Å². The summed E-state index contributed by atoms with van der Waals surface area (Å²) < 4.78 is 14.4. The van der Waals surface area contributed by atoms with Gasteiger partial charge in [0, 0.05) is 98.5 Å². The van der Waals surface area contributed by atoms with Crippen molar-refractivity contribution in [1.29, 1.82) is 0 Å². The quantitative estimate of drug-likeness (QED) is 0.129. The van der Waals surface area contributed by atoms with Crippen LogP contribution in [0.3, 0.4) is 0 Å². The first kappa shape index (κ1) is 82.5. The van der Waals surface area contributed by atoms with Crippen LogP contribution in [0.5, 0.6) is 0 Å². The molecule has 0 saturated heterocycles. The lowest BCUT2D eigenvalue weighted by atomic mass is 9.95. The molecule has 0 amide bonds. The third-order valence-corrected chi connectivity index (χ3v) is 31.0. The Hall–Kier alpha value is -19.4. The van der Waals surface area contributed by atoms with Crippen LogP contribution in [0.25, 0.3) is 285 Å². The van der Waals surface area contributed by atoms with Gasteiger partial charge in [-0.15, -0.1) is 0 Å². The second-order valence-electron chi connectivity index (χ2n) is 38.9. The van der Waals surface area contributed by atoms with Crippen LogP contribution < -0.4 is 0 Å². The predicted molar refractivity (Wildman–Crippen MR) is 622 cm³/mol. The Morgan fingerprint density at radius 1 is 0.0890 bits per heavy atom. The molecule has 0 aliphatic heterocycles. The maximum Gasteiger partial charge on any atom is 0.0547 e. The molecule has 0 radical (unpaired) electrons. The fourth-order valence-electron chi connectivity index (χ4n) is 24.4. The molecule has 6 aromatic heterocycles. The van der Waals surface area contributed by atoms with E-state index in [0.29, 0.717) is 0 Å². The number of benzene rings is 26. The summed E-state index contributed by atoms with van der Waals surface area (Å²) in [5.41, 5.74) is 29.0. The van der Waals surface area contributed by atoms with Gasteiger partial charge in [0.1, 0.15) is 0 Å².